The van der Waals surface area contributed by atoms with E-state index in [-0.39, 0.29) is 171 Å². The van der Waals surface area contributed by atoms with Gasteiger partial charge in [0, 0.05) is 239 Å². The van der Waals surface area contributed by atoms with Gasteiger partial charge in [-0.1, -0.05) is 102 Å². The van der Waals surface area contributed by atoms with E-state index >= 15 is 19.2 Å². The van der Waals surface area contributed by atoms with Crippen molar-refractivity contribution in [1.29, 1.82) is 0 Å². The summed E-state index contributed by atoms with van der Waals surface area (Å²) in [6, 6.07) is 0. The van der Waals surface area contributed by atoms with Crippen LogP contribution in [0.4, 0.5) is 0 Å². The van der Waals surface area contributed by atoms with Crippen molar-refractivity contribution < 1.29 is 87.4 Å². The summed E-state index contributed by atoms with van der Waals surface area (Å²) in [5.41, 5.74) is -6.98. The van der Waals surface area contributed by atoms with Crippen molar-refractivity contribution in [2.24, 2.45) is 74.4 Å². The molecule has 0 bridgehead atoms. The molecule has 0 saturated heterocycles. The van der Waals surface area contributed by atoms with Gasteiger partial charge in [-0.25, -0.2) is 0 Å². The maximum atomic E-state index is 15.9. The van der Waals surface area contributed by atoms with Crippen LogP contribution in [0.2, 0.25) is 0 Å². The smallest absolute Gasteiger partial charge is 0.223 e. The van der Waals surface area contributed by atoms with Crippen molar-refractivity contribution in [3.8, 4) is 0 Å². The minimum atomic E-state index is -1.49. The number of amides is 7. The summed E-state index contributed by atoms with van der Waals surface area (Å²) in [5.74, 6) is -12.3. The van der Waals surface area contributed by atoms with E-state index in [2.05, 4.69) is 47.0 Å². The Morgan fingerprint density at radius 3 is 0.973 bits per heavy atom. The molecule has 11 N–H and O–H groups in total. The number of aliphatic hydroxyl groups excluding tert-OH is 4. The van der Waals surface area contributed by atoms with Gasteiger partial charge in [-0.05, 0) is 113 Å². The summed E-state index contributed by atoms with van der Waals surface area (Å²) < 4.78 is 10.3. The lowest BCUT2D eigenvalue weighted by Gasteiger charge is -2.36. The van der Waals surface area contributed by atoms with Crippen molar-refractivity contribution in [1.82, 2.24) is 56.8 Å². The van der Waals surface area contributed by atoms with E-state index in [1.54, 1.807) is 76.2 Å². The molecule has 7 amide bonds. The maximum absolute atomic E-state index is 15.9. The number of hydrogen-bond acceptors (Lipinski definition) is 22. The first-order chi connectivity index (χ1) is 52.9. The zero-order valence-corrected chi connectivity index (χ0v) is 73.5. The molecular formula is C84H157N11O18. The number of nitrogens with zero attached hydrogens (tertiary/aromatic N) is 4. The normalized spacial score (nSPS) is 14.0. The van der Waals surface area contributed by atoms with E-state index in [1.165, 1.54) is 14.2 Å². The Hall–Kier alpha value is -5.76. The van der Waals surface area contributed by atoms with Gasteiger partial charge in [-0.15, -0.1) is 0 Å². The summed E-state index contributed by atoms with van der Waals surface area (Å²) in [6.45, 7) is 25.4. The first-order valence-electron chi connectivity index (χ1n) is 41.5. The van der Waals surface area contributed by atoms with Gasteiger partial charge in [0.2, 0.25) is 41.4 Å². The summed E-state index contributed by atoms with van der Waals surface area (Å²) in [4.78, 5) is 183. The lowest BCUT2D eigenvalue weighted by molar-refractivity contribution is -0.143. The molecule has 29 heteroatoms. The molecule has 0 saturated carbocycles. The third-order valence-corrected chi connectivity index (χ3v) is 22.0. The Balaban J connectivity index is 8.12. The Bertz CT molecular complexity index is 2850. The molecular weight excluding hydrogens is 1450 g/mol. The van der Waals surface area contributed by atoms with E-state index in [0.717, 1.165) is 26.1 Å². The Labute approximate surface area is 678 Å². The number of unbranched alkanes of at least 4 members (excludes halogenated alkanes) is 3. The number of ether oxygens (including phenoxy) is 2. The number of aliphatic hydroxyl groups is 4. The lowest BCUT2D eigenvalue weighted by Crippen LogP contribution is -2.45. The molecule has 29 nitrogen and oxygen atoms in total. The monoisotopic (exact) mass is 1610 g/mol. The van der Waals surface area contributed by atoms with Gasteiger partial charge < -0.3 is 86.7 Å². The predicted octanol–water partition coefficient (Wildman–Crippen LogP) is 4.80. The van der Waals surface area contributed by atoms with E-state index in [4.69, 9.17) is 9.47 Å². The highest BCUT2D eigenvalue weighted by atomic mass is 16.5. The van der Waals surface area contributed by atoms with Crippen molar-refractivity contribution >= 4 is 70.3 Å². The number of rotatable bonds is 69. The zero-order chi connectivity index (χ0) is 86.3. The molecule has 0 radical (unpaired) electrons. The molecule has 6 atom stereocenters. The maximum Gasteiger partial charge on any atom is 0.223 e. The molecule has 0 aromatic carbocycles. The molecule has 6 unspecified atom stereocenters. The number of likely N-dealkylation sites (N-methyl/N-ethyl adjacent to an activating group) is 4. The number of carbonyl (C=O) groups excluding carboxylic acids is 12. The topological polar surface area (TPSA) is 401 Å². The van der Waals surface area contributed by atoms with Gasteiger partial charge in [0.25, 0.3) is 0 Å². The van der Waals surface area contributed by atoms with Crippen LogP contribution >= 0.6 is 0 Å². The second-order valence-corrected chi connectivity index (χ2v) is 35.5. The SMILES string of the molecule is CCCCNC(=O)C(CC(=O)NCCN(C)CCN(C)C)CC(C)(C)C(=O)CC(CC(C)(C)C(=O)C(CC(=O)NCCCCC(CO)CO)CC(C)(C)C(=O)CC(CC(C)(C)C(=O)C(CC(=O)NCCOC)CC(C)(C)C(=O)CC(CC)C(=O)NCCOC)C(=O)NCCCCC(CO)CO)C(=O)NCCN(C)CCN(C)C. The van der Waals surface area contributed by atoms with E-state index in [9.17, 15) is 58.8 Å². The van der Waals surface area contributed by atoms with E-state index in [1.807, 2.05) is 59.0 Å². The molecule has 0 aliphatic heterocycles. The summed E-state index contributed by atoms with van der Waals surface area (Å²) in [5, 5.41) is 59.3. The van der Waals surface area contributed by atoms with Gasteiger partial charge in [0.15, 0.2) is 0 Å². The molecule has 0 aliphatic carbocycles. The van der Waals surface area contributed by atoms with Crippen LogP contribution in [0.3, 0.4) is 0 Å². The van der Waals surface area contributed by atoms with Crippen LogP contribution in [0.1, 0.15) is 212 Å². The van der Waals surface area contributed by atoms with Gasteiger partial charge >= 0.3 is 0 Å². The Morgan fingerprint density at radius 1 is 0.327 bits per heavy atom. The van der Waals surface area contributed by atoms with Crippen LogP contribution in [0, 0.1) is 74.4 Å². The van der Waals surface area contributed by atoms with Gasteiger partial charge in [0.05, 0.1) is 13.2 Å². The van der Waals surface area contributed by atoms with E-state index < -0.39 is 116 Å². The van der Waals surface area contributed by atoms with Gasteiger partial charge in [0.1, 0.15) is 28.9 Å². The van der Waals surface area contributed by atoms with Crippen LogP contribution in [-0.2, 0) is 67.0 Å². The second kappa shape index (κ2) is 56.6. The van der Waals surface area contributed by atoms with Crippen LogP contribution in [0.25, 0.3) is 0 Å². The van der Waals surface area contributed by atoms with Crippen molar-refractivity contribution in [3.63, 3.8) is 0 Å². The summed E-state index contributed by atoms with van der Waals surface area (Å²) >= 11 is 0. The molecule has 0 aromatic rings. The molecule has 0 aromatic heterocycles. The fourth-order valence-corrected chi connectivity index (χ4v) is 14.1. The standard InChI is InChI=1S/C84H157N11O18/c1-21-23-30-88-79(111)67(50-73(105)86-33-37-94(17)41-39-92(13)14)53-82(7,8)70(102)47-66(78(110)90-34-38-95(18)42-40-93(15)16)55-84(11,12)74(106)63(48-71(103)85-31-26-24-28-60(56-96)57-97)52-81(5,6)69(101)46-65(77(109)89-32-27-25-29-61(58-98)59-99)54-83(9,10)75(107)64(49-72(104)87-35-43-112-19)51-80(3,4)68(100)45-62(22-2)76(108)91-36-44-113-20/h60-67,96-99H,21-59H2,1-20H3,(H,85,103)(H,86,105)(H,87,104)(H,88,111)(H,89,109)(H,90,110)(H,91,108). The number of methoxy groups -OCH3 is 2. The highest BCUT2D eigenvalue weighted by molar-refractivity contribution is 5.97. The zero-order valence-electron chi connectivity index (χ0n) is 73.5. The molecule has 0 rings (SSSR count). The largest absolute Gasteiger partial charge is 0.396 e. The van der Waals surface area contributed by atoms with Crippen molar-refractivity contribution in [2.75, 3.05) is 181 Å². The summed E-state index contributed by atoms with van der Waals surface area (Å²) in [6.07, 6.45) is 2.01. The van der Waals surface area contributed by atoms with Crippen LogP contribution in [-0.4, -0.2) is 292 Å². The third kappa shape index (κ3) is 45.0. The predicted molar refractivity (Wildman–Crippen MR) is 441 cm³/mol. The fraction of sp³-hybridized carbons (Fsp3) is 0.857. The number of ketones is 5. The Kier molecular flexibility index (Phi) is 53.7. The number of carbonyl (C=O) groups is 12. The molecule has 0 heterocycles. The van der Waals surface area contributed by atoms with Gasteiger partial charge in [-0.2, -0.15) is 0 Å². The minimum absolute atomic E-state index is 0.0421. The van der Waals surface area contributed by atoms with Crippen LogP contribution < -0.4 is 37.2 Å². The first-order valence-corrected chi connectivity index (χ1v) is 41.5. The third-order valence-electron chi connectivity index (χ3n) is 22.0. The lowest BCUT2D eigenvalue weighted by atomic mass is 9.66. The van der Waals surface area contributed by atoms with Crippen molar-refractivity contribution in [2.45, 2.75) is 212 Å². The molecule has 113 heavy (non-hydrogen) atoms. The molecule has 0 aliphatic rings. The fourth-order valence-electron chi connectivity index (χ4n) is 14.1. The molecule has 656 valence electrons. The van der Waals surface area contributed by atoms with Crippen LogP contribution in [0.5, 0.6) is 0 Å². The second-order valence-electron chi connectivity index (χ2n) is 35.5. The number of nitrogens with one attached hydrogen (secondary N) is 7. The first kappa shape index (κ1) is 107. The molecule has 0 spiro atoms. The average molecular weight is 1610 g/mol. The number of Topliss-reactive ketones (excluding diaryl/α,β-unsaturated/α-hetero) is 5. The Morgan fingerprint density at radius 2 is 0.611 bits per heavy atom. The quantitative estimate of drug-likeness (QED) is 0.0364. The van der Waals surface area contributed by atoms with Crippen molar-refractivity contribution in [3.05, 3.63) is 0 Å². The summed E-state index contributed by atoms with van der Waals surface area (Å²) in [7, 11) is 14.7. The highest BCUT2D eigenvalue weighted by Crippen LogP contribution is 2.43. The average Bonchev–Trinajstić information content (AvgIpc) is 0.805. The molecule has 0 fully saturated rings. The van der Waals surface area contributed by atoms with Crippen LogP contribution in [0.15, 0.2) is 0 Å². The highest BCUT2D eigenvalue weighted by Gasteiger charge is 2.47. The van der Waals surface area contributed by atoms with Gasteiger partial charge in [-0.3, -0.25) is 57.5 Å². The number of hydrogen-bond donors (Lipinski definition) is 11. The minimum Gasteiger partial charge on any atom is -0.396 e. The van der Waals surface area contributed by atoms with E-state index in [0.29, 0.717) is 84.1 Å².